The zero-order chi connectivity index (χ0) is 17.6. The minimum absolute atomic E-state index is 0.0322. The Balaban J connectivity index is 1.64. The number of carbonyl (C=O) groups excluding carboxylic acids is 2. The van der Waals surface area contributed by atoms with Crippen molar-refractivity contribution >= 4 is 22.7 Å². The third-order valence-corrected chi connectivity index (χ3v) is 5.11. The number of hydrogen-bond donors (Lipinski definition) is 0. The van der Waals surface area contributed by atoms with E-state index in [1.165, 1.54) is 0 Å². The summed E-state index contributed by atoms with van der Waals surface area (Å²) >= 11 is 0. The lowest BCUT2D eigenvalue weighted by molar-refractivity contribution is -0.135. The fourth-order valence-electron chi connectivity index (χ4n) is 3.77. The number of unbranched alkanes of at least 4 members (excludes halogenated alkanes) is 2. The van der Waals surface area contributed by atoms with Gasteiger partial charge in [-0.05, 0) is 30.9 Å². The largest absolute Gasteiger partial charge is 0.424 e. The standard InChI is InChI=1S/C21H25NO3/c1-2-3-4-9-17-16(11-12-18(17)23)14-20(24)25-19-10-5-7-15-8-6-13-22-21(15)19/h5-8,10,13,16-17H,2-4,9,11-12,14H2,1H3. The monoisotopic (exact) mass is 339 g/mol. The van der Waals surface area contributed by atoms with Gasteiger partial charge < -0.3 is 4.74 Å². The zero-order valence-electron chi connectivity index (χ0n) is 14.7. The number of nitrogens with zero attached hydrogens (tertiary/aromatic N) is 1. The number of Topliss-reactive ketones (excluding diaryl/α,β-unsaturated/α-hetero) is 1. The number of carbonyl (C=O) groups is 2. The Labute approximate surface area is 148 Å². The van der Waals surface area contributed by atoms with E-state index in [0.29, 0.717) is 29.9 Å². The molecule has 4 heteroatoms. The van der Waals surface area contributed by atoms with Gasteiger partial charge in [0, 0.05) is 30.3 Å². The SMILES string of the molecule is CCCCCC1C(=O)CCC1CC(=O)Oc1cccc2cccnc12. The second-order valence-corrected chi connectivity index (χ2v) is 6.88. The zero-order valence-corrected chi connectivity index (χ0v) is 14.7. The van der Waals surface area contributed by atoms with Crippen molar-refractivity contribution in [1.29, 1.82) is 0 Å². The van der Waals surface area contributed by atoms with Crippen molar-refractivity contribution in [2.75, 3.05) is 0 Å². The number of pyridine rings is 1. The average Bonchev–Trinajstić information content (AvgIpc) is 2.95. The van der Waals surface area contributed by atoms with E-state index in [4.69, 9.17) is 4.74 Å². The Morgan fingerprint density at radius 2 is 2.08 bits per heavy atom. The summed E-state index contributed by atoms with van der Waals surface area (Å²) in [6, 6.07) is 9.38. The highest BCUT2D eigenvalue weighted by Gasteiger charge is 2.35. The molecule has 132 valence electrons. The number of esters is 1. The number of ketones is 1. The quantitative estimate of drug-likeness (QED) is 0.416. The number of aromatic nitrogens is 1. The van der Waals surface area contributed by atoms with Crippen molar-refractivity contribution in [2.45, 2.75) is 51.9 Å². The third kappa shape index (κ3) is 4.25. The molecule has 2 atom stereocenters. The van der Waals surface area contributed by atoms with Crippen molar-refractivity contribution in [2.24, 2.45) is 11.8 Å². The maximum Gasteiger partial charge on any atom is 0.311 e. The van der Waals surface area contributed by atoms with Crippen LogP contribution in [0.5, 0.6) is 5.75 Å². The topological polar surface area (TPSA) is 56.3 Å². The molecular formula is C21H25NO3. The fraction of sp³-hybridized carbons (Fsp3) is 0.476. The third-order valence-electron chi connectivity index (χ3n) is 5.11. The Morgan fingerprint density at radius 3 is 2.92 bits per heavy atom. The van der Waals surface area contributed by atoms with E-state index in [2.05, 4.69) is 11.9 Å². The van der Waals surface area contributed by atoms with Gasteiger partial charge in [-0.2, -0.15) is 0 Å². The predicted octanol–water partition coefficient (Wildman–Crippen LogP) is 4.71. The molecule has 1 aromatic heterocycles. The highest BCUT2D eigenvalue weighted by molar-refractivity contribution is 5.88. The molecule has 2 aromatic rings. The van der Waals surface area contributed by atoms with Crippen molar-refractivity contribution in [1.82, 2.24) is 4.98 Å². The van der Waals surface area contributed by atoms with E-state index in [-0.39, 0.29) is 17.8 Å². The predicted molar refractivity (Wildman–Crippen MR) is 97.4 cm³/mol. The molecule has 0 saturated heterocycles. The Morgan fingerprint density at radius 1 is 1.24 bits per heavy atom. The van der Waals surface area contributed by atoms with Crippen LogP contribution in [0.2, 0.25) is 0 Å². The van der Waals surface area contributed by atoms with Gasteiger partial charge in [0.15, 0.2) is 5.75 Å². The smallest absolute Gasteiger partial charge is 0.311 e. The molecule has 0 aliphatic heterocycles. The van der Waals surface area contributed by atoms with Crippen LogP contribution >= 0.6 is 0 Å². The number of ether oxygens (including phenoxy) is 1. The lowest BCUT2D eigenvalue weighted by atomic mass is 9.88. The number of para-hydroxylation sites is 1. The lowest BCUT2D eigenvalue weighted by Crippen LogP contribution is -2.20. The first kappa shape index (κ1) is 17.6. The van der Waals surface area contributed by atoms with Crippen LogP contribution < -0.4 is 4.74 Å². The highest BCUT2D eigenvalue weighted by atomic mass is 16.5. The number of fused-ring (bicyclic) bond motifs is 1. The molecule has 0 amide bonds. The summed E-state index contributed by atoms with van der Waals surface area (Å²) in [4.78, 5) is 28.9. The molecule has 0 N–H and O–H groups in total. The summed E-state index contributed by atoms with van der Waals surface area (Å²) in [6.07, 6.45) is 7.66. The molecule has 3 rings (SSSR count). The maximum atomic E-state index is 12.4. The number of rotatable bonds is 7. The van der Waals surface area contributed by atoms with Crippen LogP contribution in [0.1, 0.15) is 51.9 Å². The van der Waals surface area contributed by atoms with Gasteiger partial charge in [0.2, 0.25) is 0 Å². The van der Waals surface area contributed by atoms with Gasteiger partial charge in [0.05, 0.1) is 0 Å². The van der Waals surface area contributed by atoms with Crippen LogP contribution in [0.3, 0.4) is 0 Å². The molecule has 1 heterocycles. The second kappa shape index (κ2) is 8.24. The lowest BCUT2D eigenvalue weighted by Gasteiger charge is -2.17. The van der Waals surface area contributed by atoms with Crippen molar-refractivity contribution in [3.63, 3.8) is 0 Å². The summed E-state index contributed by atoms with van der Waals surface area (Å²) in [5.41, 5.74) is 0.695. The van der Waals surface area contributed by atoms with Crippen molar-refractivity contribution < 1.29 is 14.3 Å². The average molecular weight is 339 g/mol. The van der Waals surface area contributed by atoms with Crippen LogP contribution in [0, 0.1) is 11.8 Å². The summed E-state index contributed by atoms with van der Waals surface area (Å²) in [5.74, 6) is 0.707. The summed E-state index contributed by atoms with van der Waals surface area (Å²) in [7, 11) is 0. The van der Waals surface area contributed by atoms with Crippen LogP contribution in [0.15, 0.2) is 36.5 Å². The minimum atomic E-state index is -0.265. The van der Waals surface area contributed by atoms with Crippen LogP contribution in [0.4, 0.5) is 0 Å². The molecule has 0 spiro atoms. The second-order valence-electron chi connectivity index (χ2n) is 6.88. The van der Waals surface area contributed by atoms with Gasteiger partial charge in [-0.3, -0.25) is 14.6 Å². The van der Waals surface area contributed by atoms with Gasteiger partial charge in [0.1, 0.15) is 11.3 Å². The van der Waals surface area contributed by atoms with Crippen LogP contribution in [-0.2, 0) is 9.59 Å². The molecule has 4 nitrogen and oxygen atoms in total. The van der Waals surface area contributed by atoms with E-state index in [9.17, 15) is 9.59 Å². The molecule has 25 heavy (non-hydrogen) atoms. The van der Waals surface area contributed by atoms with E-state index in [1.54, 1.807) is 12.3 Å². The molecule has 0 radical (unpaired) electrons. The number of hydrogen-bond acceptors (Lipinski definition) is 4. The van der Waals surface area contributed by atoms with E-state index in [0.717, 1.165) is 37.5 Å². The number of benzene rings is 1. The maximum absolute atomic E-state index is 12.4. The first-order valence-electron chi connectivity index (χ1n) is 9.26. The van der Waals surface area contributed by atoms with E-state index < -0.39 is 0 Å². The van der Waals surface area contributed by atoms with Gasteiger partial charge >= 0.3 is 5.97 Å². The van der Waals surface area contributed by atoms with Gasteiger partial charge in [0.25, 0.3) is 0 Å². The molecule has 1 aliphatic carbocycles. The van der Waals surface area contributed by atoms with Crippen LogP contribution in [-0.4, -0.2) is 16.7 Å². The van der Waals surface area contributed by atoms with Crippen molar-refractivity contribution in [3.05, 3.63) is 36.5 Å². The van der Waals surface area contributed by atoms with E-state index >= 15 is 0 Å². The molecule has 1 saturated carbocycles. The van der Waals surface area contributed by atoms with E-state index in [1.807, 2.05) is 24.3 Å². The first-order valence-corrected chi connectivity index (χ1v) is 9.26. The fourth-order valence-corrected chi connectivity index (χ4v) is 3.77. The first-order chi connectivity index (χ1) is 12.2. The van der Waals surface area contributed by atoms with Crippen molar-refractivity contribution in [3.8, 4) is 5.75 Å². The molecule has 0 bridgehead atoms. The van der Waals surface area contributed by atoms with Gasteiger partial charge in [-0.25, -0.2) is 0 Å². The normalized spacial score (nSPS) is 20.1. The summed E-state index contributed by atoms with van der Waals surface area (Å²) in [5, 5.41) is 0.946. The summed E-state index contributed by atoms with van der Waals surface area (Å²) < 4.78 is 5.59. The van der Waals surface area contributed by atoms with Gasteiger partial charge in [-0.15, -0.1) is 0 Å². The molecule has 1 aromatic carbocycles. The van der Waals surface area contributed by atoms with Crippen LogP contribution in [0.25, 0.3) is 10.9 Å². The Hall–Kier alpha value is -2.23. The van der Waals surface area contributed by atoms with Gasteiger partial charge in [-0.1, -0.05) is 44.4 Å². The Kier molecular flexibility index (Phi) is 5.79. The summed E-state index contributed by atoms with van der Waals surface area (Å²) in [6.45, 7) is 2.16. The molecule has 1 fully saturated rings. The molecule has 1 aliphatic rings. The minimum Gasteiger partial charge on any atom is -0.424 e. The highest BCUT2D eigenvalue weighted by Crippen LogP contribution is 2.35. The molecular weight excluding hydrogens is 314 g/mol. The Bertz CT molecular complexity index is 750. The molecule has 2 unspecified atom stereocenters.